The highest BCUT2D eigenvalue weighted by Crippen LogP contribution is 2.40. The molecule has 5 aromatic carbocycles. The van der Waals surface area contributed by atoms with E-state index in [9.17, 15) is 10.2 Å². The van der Waals surface area contributed by atoms with Crippen LogP contribution in [0.2, 0.25) is 0 Å². The lowest BCUT2D eigenvalue weighted by atomic mass is 9.88. The van der Waals surface area contributed by atoms with Crippen LogP contribution >= 0.6 is 0 Å². The van der Waals surface area contributed by atoms with Crippen molar-refractivity contribution in [1.82, 2.24) is 0 Å². The van der Waals surface area contributed by atoms with Gasteiger partial charge in [-0.15, -0.1) is 0 Å². The quantitative estimate of drug-likeness (QED) is 0.341. The van der Waals surface area contributed by atoms with Crippen LogP contribution in [0, 0.1) is 0 Å². The molecule has 28 heavy (non-hydrogen) atoms. The van der Waals surface area contributed by atoms with E-state index in [4.69, 9.17) is 0 Å². The molecule has 2 heteroatoms. The van der Waals surface area contributed by atoms with Gasteiger partial charge in [0.05, 0.1) is 0 Å². The van der Waals surface area contributed by atoms with E-state index in [1.54, 1.807) is 24.3 Å². The highest BCUT2D eigenvalue weighted by molar-refractivity contribution is 6.09. The highest BCUT2D eigenvalue weighted by Gasteiger charge is 2.13. The van der Waals surface area contributed by atoms with Gasteiger partial charge in [0.2, 0.25) is 0 Å². The Kier molecular flexibility index (Phi) is 3.77. The number of phenolic OH excluding ortho intramolecular Hbond substituents is 2. The van der Waals surface area contributed by atoms with Gasteiger partial charge in [-0.1, -0.05) is 60.7 Å². The molecule has 0 aliphatic carbocycles. The van der Waals surface area contributed by atoms with Gasteiger partial charge in [0.1, 0.15) is 11.5 Å². The van der Waals surface area contributed by atoms with Crippen LogP contribution in [0.25, 0.3) is 43.8 Å². The van der Waals surface area contributed by atoms with Crippen molar-refractivity contribution in [2.45, 2.75) is 0 Å². The fraction of sp³-hybridized carbons (Fsp3) is 0. The third-order valence-corrected chi connectivity index (χ3v) is 5.22. The van der Waals surface area contributed by atoms with Crippen molar-refractivity contribution >= 4 is 21.5 Å². The van der Waals surface area contributed by atoms with Gasteiger partial charge in [-0.05, 0) is 80.2 Å². The second kappa shape index (κ2) is 6.43. The van der Waals surface area contributed by atoms with Crippen LogP contribution in [0.4, 0.5) is 0 Å². The molecule has 0 fully saturated rings. The molecule has 0 amide bonds. The van der Waals surface area contributed by atoms with Gasteiger partial charge in [-0.25, -0.2) is 0 Å². The second-order valence-electron chi connectivity index (χ2n) is 7.00. The zero-order valence-corrected chi connectivity index (χ0v) is 15.1. The molecule has 0 bridgehead atoms. The number of aromatic hydroxyl groups is 2. The molecule has 0 spiro atoms. The van der Waals surface area contributed by atoms with E-state index in [0.717, 1.165) is 27.6 Å². The minimum atomic E-state index is 0.251. The van der Waals surface area contributed by atoms with Crippen molar-refractivity contribution in [3.63, 3.8) is 0 Å². The van der Waals surface area contributed by atoms with Gasteiger partial charge in [0.25, 0.3) is 0 Å². The average molecular weight is 362 g/mol. The van der Waals surface area contributed by atoms with Crippen molar-refractivity contribution in [3.05, 3.63) is 97.1 Å². The molecule has 0 radical (unpaired) electrons. The maximum absolute atomic E-state index is 9.75. The van der Waals surface area contributed by atoms with Crippen molar-refractivity contribution in [2.75, 3.05) is 0 Å². The van der Waals surface area contributed by atoms with Crippen LogP contribution in [0.3, 0.4) is 0 Å². The van der Waals surface area contributed by atoms with Crippen LogP contribution in [-0.4, -0.2) is 10.2 Å². The zero-order valence-electron chi connectivity index (χ0n) is 15.1. The number of hydrogen-bond donors (Lipinski definition) is 2. The SMILES string of the molecule is Oc1ccc(-c2ccc3cc4ccccc4cc3c2-c2ccc(O)cc2)cc1. The highest BCUT2D eigenvalue weighted by atomic mass is 16.3. The minimum Gasteiger partial charge on any atom is -0.508 e. The number of benzene rings is 5. The first-order chi connectivity index (χ1) is 13.7. The third kappa shape index (κ3) is 2.76. The molecule has 0 aromatic heterocycles. The number of fused-ring (bicyclic) bond motifs is 2. The van der Waals surface area contributed by atoms with Crippen LogP contribution in [0.5, 0.6) is 11.5 Å². The van der Waals surface area contributed by atoms with E-state index in [0.29, 0.717) is 0 Å². The number of rotatable bonds is 2. The van der Waals surface area contributed by atoms with Crippen LogP contribution in [-0.2, 0) is 0 Å². The second-order valence-corrected chi connectivity index (χ2v) is 7.00. The number of phenols is 2. The van der Waals surface area contributed by atoms with E-state index >= 15 is 0 Å². The Morgan fingerprint density at radius 2 is 1.04 bits per heavy atom. The van der Waals surface area contributed by atoms with Gasteiger partial charge in [0.15, 0.2) is 0 Å². The van der Waals surface area contributed by atoms with Crippen LogP contribution in [0.1, 0.15) is 0 Å². The summed E-state index contributed by atoms with van der Waals surface area (Å²) in [7, 11) is 0. The minimum absolute atomic E-state index is 0.251. The molecule has 0 saturated carbocycles. The first-order valence-electron chi connectivity index (χ1n) is 9.23. The van der Waals surface area contributed by atoms with E-state index in [-0.39, 0.29) is 11.5 Å². The van der Waals surface area contributed by atoms with Gasteiger partial charge in [0, 0.05) is 0 Å². The first kappa shape index (κ1) is 16.4. The van der Waals surface area contributed by atoms with E-state index in [2.05, 4.69) is 48.5 Å². The maximum Gasteiger partial charge on any atom is 0.115 e. The summed E-state index contributed by atoms with van der Waals surface area (Å²) in [4.78, 5) is 0. The van der Waals surface area contributed by atoms with E-state index < -0.39 is 0 Å². The monoisotopic (exact) mass is 362 g/mol. The summed E-state index contributed by atoms with van der Waals surface area (Å²) in [6.07, 6.45) is 0. The molecule has 0 aliphatic heterocycles. The largest absolute Gasteiger partial charge is 0.508 e. The van der Waals surface area contributed by atoms with Crippen molar-refractivity contribution < 1.29 is 10.2 Å². The molecule has 5 aromatic rings. The topological polar surface area (TPSA) is 40.5 Å². The average Bonchev–Trinajstić information content (AvgIpc) is 2.73. The van der Waals surface area contributed by atoms with E-state index in [1.165, 1.54) is 16.2 Å². The van der Waals surface area contributed by atoms with Crippen molar-refractivity contribution in [3.8, 4) is 33.8 Å². The molecule has 0 unspecified atom stereocenters. The Bertz CT molecular complexity index is 1300. The lowest BCUT2D eigenvalue weighted by Crippen LogP contribution is -1.89. The zero-order chi connectivity index (χ0) is 19.1. The summed E-state index contributed by atoms with van der Waals surface area (Å²) < 4.78 is 0. The summed E-state index contributed by atoms with van der Waals surface area (Å²) in [6.45, 7) is 0. The summed E-state index contributed by atoms with van der Waals surface area (Å²) in [5, 5.41) is 24.2. The van der Waals surface area contributed by atoms with Crippen molar-refractivity contribution in [1.29, 1.82) is 0 Å². The van der Waals surface area contributed by atoms with Gasteiger partial charge in [-0.3, -0.25) is 0 Å². The predicted molar refractivity (Wildman–Crippen MR) is 116 cm³/mol. The maximum atomic E-state index is 9.75. The molecular weight excluding hydrogens is 344 g/mol. The van der Waals surface area contributed by atoms with Crippen LogP contribution < -0.4 is 0 Å². The fourth-order valence-corrected chi connectivity index (χ4v) is 3.83. The summed E-state index contributed by atoms with van der Waals surface area (Å²) in [6, 6.07) is 31.7. The van der Waals surface area contributed by atoms with E-state index in [1.807, 2.05) is 24.3 Å². The summed E-state index contributed by atoms with van der Waals surface area (Å²) in [5.41, 5.74) is 4.29. The lowest BCUT2D eigenvalue weighted by molar-refractivity contribution is 0.475. The standard InChI is InChI=1S/C26H18O2/c27-22-10-5-17(6-11-22)24-14-9-21-15-19-3-1-2-4-20(19)16-25(21)26(24)18-7-12-23(28)13-8-18/h1-16,27-28H. The molecule has 134 valence electrons. The number of hydrogen-bond acceptors (Lipinski definition) is 2. The van der Waals surface area contributed by atoms with Gasteiger partial charge in [-0.2, -0.15) is 0 Å². The Morgan fingerprint density at radius 3 is 1.68 bits per heavy atom. The Hall–Kier alpha value is -3.78. The molecule has 0 atom stereocenters. The molecule has 0 aliphatic rings. The molecular formula is C26H18O2. The smallest absolute Gasteiger partial charge is 0.115 e. The molecule has 2 nitrogen and oxygen atoms in total. The Morgan fingerprint density at radius 1 is 0.464 bits per heavy atom. The Labute approximate surface area is 162 Å². The van der Waals surface area contributed by atoms with Crippen LogP contribution in [0.15, 0.2) is 97.1 Å². The molecule has 5 rings (SSSR count). The van der Waals surface area contributed by atoms with Gasteiger partial charge >= 0.3 is 0 Å². The molecule has 2 N–H and O–H groups in total. The fourth-order valence-electron chi connectivity index (χ4n) is 3.83. The summed E-state index contributed by atoms with van der Waals surface area (Å²) >= 11 is 0. The van der Waals surface area contributed by atoms with Gasteiger partial charge < -0.3 is 10.2 Å². The first-order valence-corrected chi connectivity index (χ1v) is 9.23. The summed E-state index contributed by atoms with van der Waals surface area (Å²) in [5.74, 6) is 0.502. The predicted octanol–water partition coefficient (Wildman–Crippen LogP) is 6.74. The van der Waals surface area contributed by atoms with Crippen molar-refractivity contribution in [2.24, 2.45) is 0 Å². The third-order valence-electron chi connectivity index (χ3n) is 5.22. The lowest BCUT2D eigenvalue weighted by Gasteiger charge is -2.15. The Balaban J connectivity index is 1.88. The molecule has 0 heterocycles. The normalized spacial score (nSPS) is 11.1. The molecule has 0 saturated heterocycles.